The maximum Gasteiger partial charge on any atom is 0.163 e. The second-order valence-corrected chi connectivity index (χ2v) is 5.44. The van der Waals surface area contributed by atoms with Crippen LogP contribution in [0, 0.1) is 0 Å². The molecule has 0 aliphatic carbocycles. The van der Waals surface area contributed by atoms with E-state index in [0.717, 1.165) is 22.0 Å². The maximum atomic E-state index is 6.08. The topological polar surface area (TPSA) is 56.5 Å². The van der Waals surface area contributed by atoms with Crippen molar-refractivity contribution >= 4 is 23.0 Å². The van der Waals surface area contributed by atoms with Crippen LogP contribution in [0.2, 0.25) is 5.02 Å². The van der Waals surface area contributed by atoms with Crippen LogP contribution >= 0.6 is 11.6 Å². The van der Waals surface area contributed by atoms with Crippen molar-refractivity contribution in [2.75, 3.05) is 24.3 Å². The van der Waals surface area contributed by atoms with E-state index in [-0.39, 0.29) is 6.04 Å². The first kappa shape index (κ1) is 13.9. The smallest absolute Gasteiger partial charge is 0.163 e. The number of rotatable bonds is 3. The third-order valence-electron chi connectivity index (χ3n) is 3.46. The second-order valence-electron chi connectivity index (χ2n) is 5.00. The molecule has 0 saturated heterocycles. The van der Waals surface area contributed by atoms with Gasteiger partial charge in [0.25, 0.3) is 0 Å². The number of halogens is 1. The van der Waals surface area contributed by atoms with Crippen molar-refractivity contribution in [3.63, 3.8) is 0 Å². The molecular formula is C16H17ClN2O2. The number of hydrogen-bond donors (Lipinski definition) is 2. The van der Waals surface area contributed by atoms with Crippen molar-refractivity contribution in [3.8, 4) is 11.5 Å². The van der Waals surface area contributed by atoms with Gasteiger partial charge >= 0.3 is 0 Å². The van der Waals surface area contributed by atoms with Gasteiger partial charge in [-0.15, -0.1) is 0 Å². The van der Waals surface area contributed by atoms with Crippen molar-refractivity contribution < 1.29 is 9.47 Å². The fourth-order valence-electron chi connectivity index (χ4n) is 2.30. The van der Waals surface area contributed by atoms with Gasteiger partial charge in [-0.2, -0.15) is 0 Å². The Morgan fingerprint density at radius 1 is 1.10 bits per heavy atom. The summed E-state index contributed by atoms with van der Waals surface area (Å²) < 4.78 is 11.1. The largest absolute Gasteiger partial charge is 0.486 e. The van der Waals surface area contributed by atoms with E-state index in [2.05, 4.69) is 12.2 Å². The third kappa shape index (κ3) is 3.00. The molecule has 0 fully saturated rings. The molecule has 110 valence electrons. The zero-order valence-electron chi connectivity index (χ0n) is 11.7. The van der Waals surface area contributed by atoms with Crippen LogP contribution in [-0.2, 0) is 0 Å². The van der Waals surface area contributed by atoms with Gasteiger partial charge in [0.05, 0.1) is 11.4 Å². The van der Waals surface area contributed by atoms with Crippen LogP contribution in [0.4, 0.5) is 11.4 Å². The number of ether oxygens (including phenoxy) is 2. The van der Waals surface area contributed by atoms with Gasteiger partial charge in [-0.1, -0.05) is 23.7 Å². The predicted molar refractivity (Wildman–Crippen MR) is 85.3 cm³/mol. The third-order valence-corrected chi connectivity index (χ3v) is 3.71. The summed E-state index contributed by atoms with van der Waals surface area (Å²) >= 11 is 5.91. The Hall–Kier alpha value is -2.07. The van der Waals surface area contributed by atoms with Crippen LogP contribution in [0.25, 0.3) is 0 Å². The van der Waals surface area contributed by atoms with Crippen molar-refractivity contribution in [2.45, 2.75) is 13.0 Å². The molecule has 0 amide bonds. The van der Waals surface area contributed by atoms with Crippen molar-refractivity contribution in [3.05, 3.63) is 47.0 Å². The first-order valence-corrected chi connectivity index (χ1v) is 7.22. The number of nitrogens with one attached hydrogen (secondary N) is 1. The number of fused-ring (bicyclic) bond motifs is 1. The number of hydrogen-bond acceptors (Lipinski definition) is 4. The molecule has 1 aliphatic heterocycles. The molecule has 5 heteroatoms. The molecule has 1 atom stereocenters. The molecule has 0 bridgehead atoms. The van der Waals surface area contributed by atoms with E-state index in [1.165, 1.54) is 0 Å². The number of nitrogens with two attached hydrogens (primary N) is 1. The van der Waals surface area contributed by atoms with Crippen LogP contribution in [0.1, 0.15) is 18.5 Å². The van der Waals surface area contributed by atoms with Crippen molar-refractivity contribution in [2.24, 2.45) is 0 Å². The van der Waals surface area contributed by atoms with E-state index in [4.69, 9.17) is 26.8 Å². The lowest BCUT2D eigenvalue weighted by atomic mass is 10.1. The highest BCUT2D eigenvalue weighted by Gasteiger charge is 2.16. The maximum absolute atomic E-state index is 6.08. The van der Waals surface area contributed by atoms with Gasteiger partial charge in [-0.25, -0.2) is 0 Å². The minimum Gasteiger partial charge on any atom is -0.486 e. The molecule has 1 unspecified atom stereocenters. The molecule has 3 N–H and O–H groups in total. The van der Waals surface area contributed by atoms with E-state index in [1.807, 2.05) is 30.3 Å². The molecule has 0 aromatic heterocycles. The summed E-state index contributed by atoms with van der Waals surface area (Å²) in [6.45, 7) is 3.18. The lowest BCUT2D eigenvalue weighted by Crippen LogP contribution is -2.16. The number of anilines is 2. The van der Waals surface area contributed by atoms with Crippen LogP contribution in [-0.4, -0.2) is 13.2 Å². The molecular weight excluding hydrogens is 288 g/mol. The summed E-state index contributed by atoms with van der Waals surface area (Å²) in [6.07, 6.45) is 0. The molecule has 0 saturated carbocycles. The average Bonchev–Trinajstić information content (AvgIpc) is 2.48. The van der Waals surface area contributed by atoms with Gasteiger partial charge in [-0.05, 0) is 24.6 Å². The highest BCUT2D eigenvalue weighted by atomic mass is 35.5. The fraction of sp³-hybridized carbons (Fsp3) is 0.250. The van der Waals surface area contributed by atoms with Gasteiger partial charge in [0, 0.05) is 23.2 Å². The van der Waals surface area contributed by atoms with Crippen molar-refractivity contribution in [1.29, 1.82) is 0 Å². The Morgan fingerprint density at radius 3 is 2.38 bits per heavy atom. The standard InChI is InChI=1S/C16H17ClN2O2/c1-10(11-2-4-12(17)5-3-11)19-14-9-16-15(8-13(14)18)20-6-7-21-16/h2-5,8-10,19H,6-7,18H2,1H3. The predicted octanol–water partition coefficient (Wildman–Crippen LogP) is 3.87. The van der Waals surface area contributed by atoms with E-state index in [9.17, 15) is 0 Å². The van der Waals surface area contributed by atoms with Gasteiger partial charge in [-0.3, -0.25) is 0 Å². The molecule has 21 heavy (non-hydrogen) atoms. The Bertz CT molecular complexity index is 643. The first-order chi connectivity index (χ1) is 10.1. The molecule has 1 heterocycles. The minimum absolute atomic E-state index is 0.104. The van der Waals surface area contributed by atoms with Crippen molar-refractivity contribution in [1.82, 2.24) is 0 Å². The zero-order chi connectivity index (χ0) is 14.8. The Kier molecular flexibility index (Phi) is 3.80. The average molecular weight is 305 g/mol. The summed E-state index contributed by atoms with van der Waals surface area (Å²) in [6, 6.07) is 11.5. The van der Waals surface area contributed by atoms with Gasteiger partial charge in [0.2, 0.25) is 0 Å². The molecule has 0 spiro atoms. The number of benzene rings is 2. The summed E-state index contributed by atoms with van der Waals surface area (Å²) in [4.78, 5) is 0. The Balaban J connectivity index is 1.82. The highest BCUT2D eigenvalue weighted by molar-refractivity contribution is 6.30. The summed E-state index contributed by atoms with van der Waals surface area (Å²) in [5.41, 5.74) is 8.68. The summed E-state index contributed by atoms with van der Waals surface area (Å²) in [7, 11) is 0. The second kappa shape index (κ2) is 5.74. The van der Waals surface area contributed by atoms with E-state index < -0.39 is 0 Å². The Labute approximate surface area is 128 Å². The lowest BCUT2D eigenvalue weighted by Gasteiger charge is -2.22. The Morgan fingerprint density at radius 2 is 1.71 bits per heavy atom. The quantitative estimate of drug-likeness (QED) is 0.845. The molecule has 2 aromatic rings. The lowest BCUT2D eigenvalue weighted by molar-refractivity contribution is 0.172. The van der Waals surface area contributed by atoms with Crippen LogP contribution in [0.5, 0.6) is 11.5 Å². The van der Waals surface area contributed by atoms with Gasteiger partial charge < -0.3 is 20.5 Å². The van der Waals surface area contributed by atoms with Crippen LogP contribution < -0.4 is 20.5 Å². The monoisotopic (exact) mass is 304 g/mol. The molecule has 3 rings (SSSR count). The SMILES string of the molecule is CC(Nc1cc2c(cc1N)OCCO2)c1ccc(Cl)cc1. The van der Waals surface area contributed by atoms with Crippen LogP contribution in [0.3, 0.4) is 0 Å². The minimum atomic E-state index is 0.104. The van der Waals surface area contributed by atoms with E-state index in [0.29, 0.717) is 24.7 Å². The van der Waals surface area contributed by atoms with Gasteiger partial charge in [0.15, 0.2) is 11.5 Å². The first-order valence-electron chi connectivity index (χ1n) is 6.84. The fourth-order valence-corrected chi connectivity index (χ4v) is 2.42. The molecule has 4 nitrogen and oxygen atoms in total. The van der Waals surface area contributed by atoms with E-state index >= 15 is 0 Å². The van der Waals surface area contributed by atoms with E-state index in [1.54, 1.807) is 6.07 Å². The zero-order valence-corrected chi connectivity index (χ0v) is 12.5. The highest BCUT2D eigenvalue weighted by Crippen LogP contribution is 2.38. The normalized spacial score (nSPS) is 14.6. The summed E-state index contributed by atoms with van der Waals surface area (Å²) in [5, 5.41) is 4.12. The molecule has 2 aromatic carbocycles. The van der Waals surface area contributed by atoms with Gasteiger partial charge in [0.1, 0.15) is 13.2 Å². The van der Waals surface area contributed by atoms with Crippen LogP contribution in [0.15, 0.2) is 36.4 Å². The molecule has 1 aliphatic rings. The number of nitrogen functional groups attached to an aromatic ring is 1. The summed E-state index contributed by atoms with van der Waals surface area (Å²) in [5.74, 6) is 1.42. The molecule has 0 radical (unpaired) electrons.